The fourth-order valence-corrected chi connectivity index (χ4v) is 8.60. The summed E-state index contributed by atoms with van der Waals surface area (Å²) in [6.07, 6.45) is 6.09. The quantitative estimate of drug-likeness (QED) is 0.569. The van der Waals surface area contributed by atoms with Crippen LogP contribution in [-0.2, 0) is 0 Å². The number of hydrogen-bond acceptors (Lipinski definition) is 0. The third-order valence-corrected chi connectivity index (χ3v) is 10.8. The van der Waals surface area contributed by atoms with Crippen LogP contribution in [0.25, 0.3) is 0 Å². The highest BCUT2D eigenvalue weighted by Crippen LogP contribution is 2.44. The molecule has 1 heteroatoms. The number of hydrogen-bond donors (Lipinski definition) is 0. The molecular formula is C11H24Si. The van der Waals surface area contributed by atoms with Crippen molar-refractivity contribution in [2.24, 2.45) is 0 Å². The van der Waals surface area contributed by atoms with Gasteiger partial charge in [0, 0.05) is 0 Å². The summed E-state index contributed by atoms with van der Waals surface area (Å²) >= 11 is 0. The van der Waals surface area contributed by atoms with E-state index >= 15 is 0 Å². The van der Waals surface area contributed by atoms with Gasteiger partial charge in [-0.1, -0.05) is 64.6 Å². The van der Waals surface area contributed by atoms with Crippen molar-refractivity contribution in [2.45, 2.75) is 70.1 Å². The van der Waals surface area contributed by atoms with Gasteiger partial charge in [0.05, 0.1) is 8.07 Å². The van der Waals surface area contributed by atoms with Crippen LogP contribution in [-0.4, -0.2) is 8.07 Å². The third kappa shape index (κ3) is 1.76. The van der Waals surface area contributed by atoms with Gasteiger partial charge in [-0.3, -0.25) is 0 Å². The first-order valence-corrected chi connectivity index (χ1v) is 8.49. The molecule has 1 heterocycles. The van der Waals surface area contributed by atoms with Crippen molar-refractivity contribution >= 4 is 8.07 Å². The first-order chi connectivity index (χ1) is 5.79. The second-order valence-electron chi connectivity index (χ2n) is 4.42. The SMILES string of the molecule is CCC1CCCC[Si]1(CC)CC. The summed E-state index contributed by atoms with van der Waals surface area (Å²) in [6, 6.07) is 4.72. The van der Waals surface area contributed by atoms with E-state index in [1.54, 1.807) is 31.0 Å². The molecule has 72 valence electrons. The Balaban J connectivity index is 2.66. The first-order valence-electron chi connectivity index (χ1n) is 5.79. The van der Waals surface area contributed by atoms with E-state index in [9.17, 15) is 0 Å². The largest absolute Gasteiger partial charge is 0.0678 e. The van der Waals surface area contributed by atoms with Gasteiger partial charge in [-0.2, -0.15) is 0 Å². The smallest absolute Gasteiger partial charge is 0.0561 e. The zero-order valence-electron chi connectivity index (χ0n) is 9.03. The topological polar surface area (TPSA) is 0 Å². The maximum Gasteiger partial charge on any atom is 0.0561 e. The molecule has 0 aromatic heterocycles. The van der Waals surface area contributed by atoms with Gasteiger partial charge in [0.1, 0.15) is 0 Å². The highest BCUT2D eigenvalue weighted by atomic mass is 28.3. The molecule has 1 unspecified atom stereocenters. The summed E-state index contributed by atoms with van der Waals surface area (Å²) < 4.78 is 0. The lowest BCUT2D eigenvalue weighted by molar-refractivity contribution is 0.584. The highest BCUT2D eigenvalue weighted by molar-refractivity contribution is 6.81. The van der Waals surface area contributed by atoms with Gasteiger partial charge < -0.3 is 0 Å². The molecule has 0 bridgehead atoms. The first kappa shape index (κ1) is 10.3. The van der Waals surface area contributed by atoms with Gasteiger partial charge >= 0.3 is 0 Å². The zero-order chi connectivity index (χ0) is 9.03. The Kier molecular flexibility index (Phi) is 3.82. The number of rotatable bonds is 3. The standard InChI is InChI=1S/C11H24Si/c1-4-11-9-7-8-10-12(11,5-2)6-3/h11H,4-10H2,1-3H3. The Morgan fingerprint density at radius 3 is 2.17 bits per heavy atom. The van der Waals surface area contributed by atoms with Crippen LogP contribution in [0.2, 0.25) is 23.7 Å². The van der Waals surface area contributed by atoms with Crippen LogP contribution in [0.5, 0.6) is 0 Å². The molecule has 1 rings (SSSR count). The maximum absolute atomic E-state index is 2.45. The molecule has 1 fully saturated rings. The average Bonchev–Trinajstić information content (AvgIpc) is 2.17. The van der Waals surface area contributed by atoms with Crippen LogP contribution < -0.4 is 0 Å². The molecular weight excluding hydrogens is 160 g/mol. The average molecular weight is 184 g/mol. The lowest BCUT2D eigenvalue weighted by Crippen LogP contribution is -2.40. The molecule has 0 nitrogen and oxygen atoms in total. The molecule has 0 N–H and O–H groups in total. The van der Waals surface area contributed by atoms with E-state index in [2.05, 4.69) is 20.8 Å². The molecule has 1 aliphatic rings. The van der Waals surface area contributed by atoms with Crippen LogP contribution in [0.4, 0.5) is 0 Å². The summed E-state index contributed by atoms with van der Waals surface area (Å²) in [7, 11) is -0.760. The normalized spacial score (nSPS) is 28.8. The van der Waals surface area contributed by atoms with E-state index in [4.69, 9.17) is 0 Å². The van der Waals surface area contributed by atoms with Crippen molar-refractivity contribution in [3.8, 4) is 0 Å². The van der Waals surface area contributed by atoms with Crippen molar-refractivity contribution in [2.75, 3.05) is 0 Å². The van der Waals surface area contributed by atoms with Crippen LogP contribution in [0.3, 0.4) is 0 Å². The predicted octanol–water partition coefficient (Wildman–Crippen LogP) is 4.44. The van der Waals surface area contributed by atoms with Crippen LogP contribution >= 0.6 is 0 Å². The van der Waals surface area contributed by atoms with Gasteiger partial charge in [-0.05, 0) is 5.54 Å². The van der Waals surface area contributed by atoms with Gasteiger partial charge in [0.25, 0.3) is 0 Å². The summed E-state index contributed by atoms with van der Waals surface area (Å²) in [5.41, 5.74) is 1.17. The molecule has 0 amide bonds. The summed E-state index contributed by atoms with van der Waals surface area (Å²) in [5, 5.41) is 0. The fourth-order valence-electron chi connectivity index (χ4n) is 3.20. The highest BCUT2D eigenvalue weighted by Gasteiger charge is 2.38. The van der Waals surface area contributed by atoms with Crippen LogP contribution in [0, 0.1) is 0 Å². The molecule has 1 aliphatic heterocycles. The van der Waals surface area contributed by atoms with Crippen molar-refractivity contribution in [1.82, 2.24) is 0 Å². The Bertz CT molecular complexity index is 127. The van der Waals surface area contributed by atoms with E-state index in [1.807, 2.05) is 0 Å². The van der Waals surface area contributed by atoms with E-state index in [0.29, 0.717) is 0 Å². The third-order valence-electron chi connectivity index (χ3n) is 4.24. The molecule has 12 heavy (non-hydrogen) atoms. The fraction of sp³-hybridized carbons (Fsp3) is 1.00. The Morgan fingerprint density at radius 2 is 1.75 bits per heavy atom. The van der Waals surface area contributed by atoms with Gasteiger partial charge in [0.15, 0.2) is 0 Å². The van der Waals surface area contributed by atoms with E-state index < -0.39 is 8.07 Å². The molecule has 0 radical (unpaired) electrons. The second-order valence-corrected chi connectivity index (χ2v) is 9.88. The predicted molar refractivity (Wildman–Crippen MR) is 59.4 cm³/mol. The maximum atomic E-state index is 2.45. The van der Waals surface area contributed by atoms with Gasteiger partial charge in [-0.15, -0.1) is 0 Å². The van der Waals surface area contributed by atoms with E-state index in [1.165, 1.54) is 18.4 Å². The van der Waals surface area contributed by atoms with E-state index in [-0.39, 0.29) is 0 Å². The monoisotopic (exact) mass is 184 g/mol. The van der Waals surface area contributed by atoms with Crippen molar-refractivity contribution in [1.29, 1.82) is 0 Å². The summed E-state index contributed by atoms with van der Waals surface area (Å²) in [5.74, 6) is 0. The van der Waals surface area contributed by atoms with Crippen molar-refractivity contribution < 1.29 is 0 Å². The Morgan fingerprint density at radius 1 is 1.08 bits per heavy atom. The minimum absolute atomic E-state index is 0.760. The zero-order valence-corrected chi connectivity index (χ0v) is 10.0. The van der Waals surface area contributed by atoms with Gasteiger partial charge in [-0.25, -0.2) is 0 Å². The lowest BCUT2D eigenvalue weighted by Gasteiger charge is -2.41. The molecule has 1 saturated heterocycles. The Hall–Kier alpha value is 0.217. The van der Waals surface area contributed by atoms with Gasteiger partial charge in [0.2, 0.25) is 0 Å². The van der Waals surface area contributed by atoms with Crippen molar-refractivity contribution in [3.63, 3.8) is 0 Å². The lowest BCUT2D eigenvalue weighted by atomic mass is 10.1. The molecule has 1 atom stereocenters. The molecule has 0 saturated carbocycles. The summed E-state index contributed by atoms with van der Waals surface area (Å²) in [6.45, 7) is 7.30. The minimum Gasteiger partial charge on any atom is -0.0678 e. The molecule has 0 aromatic carbocycles. The van der Waals surface area contributed by atoms with E-state index in [0.717, 1.165) is 0 Å². The van der Waals surface area contributed by atoms with Crippen LogP contribution in [0.1, 0.15) is 46.5 Å². The molecule has 0 spiro atoms. The second kappa shape index (κ2) is 4.45. The Labute approximate surface area is 78.8 Å². The van der Waals surface area contributed by atoms with Crippen molar-refractivity contribution in [3.05, 3.63) is 0 Å². The molecule has 0 aromatic rings. The summed E-state index contributed by atoms with van der Waals surface area (Å²) in [4.78, 5) is 0. The molecule has 0 aliphatic carbocycles. The van der Waals surface area contributed by atoms with Crippen LogP contribution in [0.15, 0.2) is 0 Å². The minimum atomic E-state index is -0.760.